The Morgan fingerprint density at radius 3 is 2.50 bits per heavy atom. The quantitative estimate of drug-likeness (QED) is 0.357. The van der Waals surface area contributed by atoms with E-state index < -0.39 is 5.60 Å². The zero-order chi connectivity index (χ0) is 15.8. The van der Waals surface area contributed by atoms with E-state index in [9.17, 15) is 5.11 Å². The molecule has 1 fully saturated rings. The maximum Gasteiger partial charge on any atom is 0.0960 e. The molecule has 0 aromatic carbocycles. The molecule has 0 amide bonds. The van der Waals surface area contributed by atoms with Crippen LogP contribution in [0.3, 0.4) is 0 Å². The molecule has 0 radical (unpaired) electrons. The molecule has 20 heavy (non-hydrogen) atoms. The number of alkyl halides is 1. The van der Waals surface area contributed by atoms with Crippen LogP contribution in [0.5, 0.6) is 0 Å². The van der Waals surface area contributed by atoms with Crippen molar-refractivity contribution in [1.29, 1.82) is 5.26 Å². The van der Waals surface area contributed by atoms with Crippen molar-refractivity contribution in [2.45, 2.75) is 57.4 Å². The van der Waals surface area contributed by atoms with Gasteiger partial charge in [-0.15, -0.1) is 18.2 Å². The SMILES string of the molecule is C=CC(C)C(O)(CC)C1(Cl)CC1.CC=N/C=C(\C)C#N. The van der Waals surface area contributed by atoms with E-state index >= 15 is 0 Å². The predicted molar refractivity (Wildman–Crippen MR) is 86.0 cm³/mol. The third-order valence-corrected chi connectivity index (χ3v) is 4.41. The summed E-state index contributed by atoms with van der Waals surface area (Å²) in [6.45, 7) is 11.2. The molecule has 0 aromatic heterocycles. The van der Waals surface area contributed by atoms with Gasteiger partial charge in [-0.2, -0.15) is 5.26 Å². The smallest absolute Gasteiger partial charge is 0.0960 e. The minimum Gasteiger partial charge on any atom is -0.387 e. The van der Waals surface area contributed by atoms with E-state index in [1.807, 2.05) is 19.9 Å². The van der Waals surface area contributed by atoms with Crippen LogP contribution in [0.25, 0.3) is 0 Å². The van der Waals surface area contributed by atoms with Gasteiger partial charge in [-0.1, -0.05) is 19.9 Å². The molecule has 0 aromatic rings. The molecule has 3 nitrogen and oxygen atoms in total. The summed E-state index contributed by atoms with van der Waals surface area (Å²) >= 11 is 6.23. The number of rotatable bonds is 5. The summed E-state index contributed by atoms with van der Waals surface area (Å²) in [6, 6.07) is 1.95. The fourth-order valence-corrected chi connectivity index (χ4v) is 2.40. The first-order valence-electron chi connectivity index (χ1n) is 6.89. The highest BCUT2D eigenvalue weighted by Crippen LogP contribution is 2.55. The van der Waals surface area contributed by atoms with Crippen LogP contribution in [0.4, 0.5) is 0 Å². The van der Waals surface area contributed by atoms with E-state index in [2.05, 4.69) is 11.6 Å². The second-order valence-electron chi connectivity index (χ2n) is 5.10. The number of aliphatic hydroxyl groups is 1. The van der Waals surface area contributed by atoms with Crippen molar-refractivity contribution in [3.8, 4) is 6.07 Å². The minimum absolute atomic E-state index is 0.0718. The van der Waals surface area contributed by atoms with Gasteiger partial charge in [0.05, 0.1) is 16.5 Å². The summed E-state index contributed by atoms with van der Waals surface area (Å²) in [5, 5.41) is 18.5. The van der Waals surface area contributed by atoms with Gasteiger partial charge < -0.3 is 5.11 Å². The number of aliphatic imine (C=N–C) groups is 1. The lowest BCUT2D eigenvalue weighted by molar-refractivity contribution is -0.00964. The maximum absolute atomic E-state index is 10.3. The molecule has 1 aliphatic rings. The number of allylic oxidation sites excluding steroid dienone is 1. The third-order valence-electron chi connectivity index (χ3n) is 3.70. The Balaban J connectivity index is 0.000000396. The van der Waals surface area contributed by atoms with E-state index in [-0.39, 0.29) is 10.8 Å². The van der Waals surface area contributed by atoms with Gasteiger partial charge in [0, 0.05) is 23.9 Å². The molecule has 0 heterocycles. The van der Waals surface area contributed by atoms with Crippen LogP contribution in [0.1, 0.15) is 47.0 Å². The topological polar surface area (TPSA) is 56.4 Å². The summed E-state index contributed by atoms with van der Waals surface area (Å²) in [5.41, 5.74) is -0.126. The van der Waals surface area contributed by atoms with Crippen LogP contribution in [-0.2, 0) is 0 Å². The Bertz CT molecular complexity index is 419. The zero-order valence-corrected chi connectivity index (χ0v) is 13.6. The van der Waals surface area contributed by atoms with E-state index in [1.54, 1.807) is 26.1 Å². The molecule has 0 spiro atoms. The Labute approximate surface area is 127 Å². The molecule has 1 rings (SSSR count). The van der Waals surface area contributed by atoms with Crippen LogP contribution >= 0.6 is 11.6 Å². The van der Waals surface area contributed by atoms with Crippen molar-refractivity contribution in [2.24, 2.45) is 10.9 Å². The van der Waals surface area contributed by atoms with Gasteiger partial charge in [-0.05, 0) is 33.1 Å². The van der Waals surface area contributed by atoms with Crippen molar-refractivity contribution in [1.82, 2.24) is 0 Å². The van der Waals surface area contributed by atoms with E-state index in [1.165, 1.54) is 6.20 Å². The van der Waals surface area contributed by atoms with Crippen molar-refractivity contribution >= 4 is 17.8 Å². The van der Waals surface area contributed by atoms with Gasteiger partial charge in [-0.25, -0.2) is 0 Å². The van der Waals surface area contributed by atoms with Gasteiger partial charge in [0.2, 0.25) is 0 Å². The predicted octanol–water partition coefficient (Wildman–Crippen LogP) is 4.23. The number of hydrogen-bond acceptors (Lipinski definition) is 3. The summed E-state index contributed by atoms with van der Waals surface area (Å²) in [4.78, 5) is 3.37. The van der Waals surface area contributed by atoms with Crippen molar-refractivity contribution in [3.05, 3.63) is 24.4 Å². The molecule has 2 atom stereocenters. The second-order valence-corrected chi connectivity index (χ2v) is 5.82. The fraction of sp³-hybridized carbons (Fsp3) is 0.625. The highest BCUT2D eigenvalue weighted by Gasteiger charge is 2.58. The lowest BCUT2D eigenvalue weighted by atomic mass is 9.81. The van der Waals surface area contributed by atoms with E-state index in [0.717, 1.165) is 12.8 Å². The van der Waals surface area contributed by atoms with Crippen molar-refractivity contribution in [3.63, 3.8) is 0 Å². The summed E-state index contributed by atoms with van der Waals surface area (Å²) in [7, 11) is 0. The monoisotopic (exact) mass is 296 g/mol. The Morgan fingerprint density at radius 2 is 2.20 bits per heavy atom. The first-order chi connectivity index (χ1) is 9.31. The molecule has 1 N–H and O–H groups in total. The Hall–Kier alpha value is -1.11. The molecular formula is C16H25ClN2O. The van der Waals surface area contributed by atoms with Crippen LogP contribution < -0.4 is 0 Å². The first kappa shape index (κ1) is 18.9. The molecule has 0 bridgehead atoms. The molecule has 4 heteroatoms. The van der Waals surface area contributed by atoms with E-state index in [4.69, 9.17) is 16.9 Å². The third kappa shape index (κ3) is 4.77. The average molecular weight is 297 g/mol. The average Bonchev–Trinajstić information content (AvgIpc) is 3.22. The number of halogens is 1. The second kappa shape index (κ2) is 8.24. The molecule has 1 aliphatic carbocycles. The molecule has 112 valence electrons. The van der Waals surface area contributed by atoms with Crippen molar-refractivity contribution < 1.29 is 5.11 Å². The minimum atomic E-state index is -0.754. The zero-order valence-electron chi connectivity index (χ0n) is 12.9. The normalized spacial score (nSPS) is 21.1. The highest BCUT2D eigenvalue weighted by molar-refractivity contribution is 6.26. The summed E-state index contributed by atoms with van der Waals surface area (Å²) < 4.78 is 0. The van der Waals surface area contributed by atoms with Crippen LogP contribution in [-0.4, -0.2) is 21.8 Å². The number of nitrogens with zero attached hydrogens (tertiary/aromatic N) is 2. The molecule has 0 saturated heterocycles. The standard InChI is InChI=1S/C10H17ClO.C6H8N2/c1-4-8(3)10(12,5-2)9(11)6-7-9;1-3-8-5-6(2)4-7/h4,8,12H,1,5-7H2,2-3H3;3,5H,1-2H3/b;6-5+,8-3?. The molecular weight excluding hydrogens is 272 g/mol. The van der Waals surface area contributed by atoms with Crippen LogP contribution in [0.15, 0.2) is 29.4 Å². The Morgan fingerprint density at radius 1 is 1.65 bits per heavy atom. The van der Waals surface area contributed by atoms with Gasteiger partial charge in [0.1, 0.15) is 0 Å². The number of hydrogen-bond donors (Lipinski definition) is 1. The highest BCUT2D eigenvalue weighted by atomic mass is 35.5. The molecule has 1 saturated carbocycles. The Kier molecular flexibility index (Phi) is 7.78. The van der Waals surface area contributed by atoms with Gasteiger partial charge in [-0.3, -0.25) is 4.99 Å². The fourth-order valence-electron chi connectivity index (χ4n) is 2.00. The van der Waals surface area contributed by atoms with Gasteiger partial charge >= 0.3 is 0 Å². The maximum atomic E-state index is 10.3. The van der Waals surface area contributed by atoms with E-state index in [0.29, 0.717) is 12.0 Å². The summed E-state index contributed by atoms with van der Waals surface area (Å²) in [5.74, 6) is 0.0718. The summed E-state index contributed by atoms with van der Waals surface area (Å²) in [6.07, 6.45) is 7.50. The largest absolute Gasteiger partial charge is 0.387 e. The number of nitriles is 1. The van der Waals surface area contributed by atoms with Crippen LogP contribution in [0, 0.1) is 17.2 Å². The van der Waals surface area contributed by atoms with Gasteiger partial charge in [0.15, 0.2) is 0 Å². The lowest BCUT2D eigenvalue weighted by Crippen LogP contribution is -2.45. The van der Waals surface area contributed by atoms with Gasteiger partial charge in [0.25, 0.3) is 0 Å². The lowest BCUT2D eigenvalue weighted by Gasteiger charge is -2.36. The molecule has 2 unspecified atom stereocenters. The van der Waals surface area contributed by atoms with Crippen molar-refractivity contribution in [2.75, 3.05) is 0 Å². The first-order valence-corrected chi connectivity index (χ1v) is 7.27. The van der Waals surface area contributed by atoms with Crippen LogP contribution in [0.2, 0.25) is 0 Å². The molecule has 0 aliphatic heterocycles.